The Bertz CT molecular complexity index is 593. The topological polar surface area (TPSA) is 63.7 Å². The van der Waals surface area contributed by atoms with Crippen LogP contribution in [0.15, 0.2) is 30.3 Å². The van der Waals surface area contributed by atoms with Gasteiger partial charge < -0.3 is 9.64 Å². The van der Waals surface area contributed by atoms with E-state index in [-0.39, 0.29) is 42.5 Å². The van der Waals surface area contributed by atoms with Gasteiger partial charge in [0.1, 0.15) is 0 Å². The van der Waals surface area contributed by atoms with E-state index in [2.05, 4.69) is 0 Å². The van der Waals surface area contributed by atoms with E-state index in [1.807, 2.05) is 18.2 Å². The first-order valence-electron chi connectivity index (χ1n) is 8.98. The monoisotopic (exact) mass is 345 g/mol. The van der Waals surface area contributed by atoms with Gasteiger partial charge in [-0.15, -0.1) is 0 Å². The van der Waals surface area contributed by atoms with Crippen LogP contribution in [-0.4, -0.2) is 42.3 Å². The van der Waals surface area contributed by atoms with Crippen molar-refractivity contribution in [3.63, 3.8) is 0 Å². The number of rotatable bonds is 8. The second kappa shape index (κ2) is 9.35. The molecule has 0 aromatic heterocycles. The average Bonchev–Trinajstić information content (AvgIpc) is 3.17. The average molecular weight is 345 g/mol. The molecule has 2 rings (SSSR count). The number of carbonyl (C=O) groups is 3. The number of Topliss-reactive ketones (excluding diaryl/α,β-unsaturated/α-hetero) is 1. The molecule has 0 bridgehead atoms. The van der Waals surface area contributed by atoms with Crippen LogP contribution in [0.1, 0.15) is 55.8 Å². The Morgan fingerprint density at radius 2 is 1.76 bits per heavy atom. The van der Waals surface area contributed by atoms with Crippen LogP contribution >= 0.6 is 0 Å². The number of nitrogens with zero attached hydrogens (tertiary/aromatic N) is 1. The molecule has 1 unspecified atom stereocenters. The number of esters is 1. The van der Waals surface area contributed by atoms with Gasteiger partial charge in [-0.05, 0) is 12.8 Å². The lowest BCUT2D eigenvalue weighted by atomic mass is 10.0. The zero-order valence-corrected chi connectivity index (χ0v) is 15.1. The number of amides is 1. The van der Waals surface area contributed by atoms with Gasteiger partial charge in [-0.25, -0.2) is 0 Å². The van der Waals surface area contributed by atoms with Gasteiger partial charge in [0, 0.05) is 31.0 Å². The maximum absolute atomic E-state index is 12.7. The van der Waals surface area contributed by atoms with Crippen LogP contribution in [0.2, 0.25) is 0 Å². The number of methoxy groups -OCH3 is 1. The summed E-state index contributed by atoms with van der Waals surface area (Å²) in [6, 6.07) is 9.20. The van der Waals surface area contributed by atoms with Crippen LogP contribution in [0, 0.1) is 5.92 Å². The van der Waals surface area contributed by atoms with Crippen molar-refractivity contribution in [3.8, 4) is 0 Å². The molecule has 0 heterocycles. The Morgan fingerprint density at radius 3 is 2.36 bits per heavy atom. The summed E-state index contributed by atoms with van der Waals surface area (Å²) in [5.74, 6) is -0.746. The molecule has 1 aromatic rings. The van der Waals surface area contributed by atoms with E-state index in [9.17, 15) is 14.4 Å². The molecular formula is C20H27NO4. The van der Waals surface area contributed by atoms with E-state index in [0.717, 1.165) is 25.7 Å². The molecule has 1 aromatic carbocycles. The summed E-state index contributed by atoms with van der Waals surface area (Å²) >= 11 is 0. The van der Waals surface area contributed by atoms with Crippen LogP contribution in [0.3, 0.4) is 0 Å². The predicted molar refractivity (Wildman–Crippen MR) is 95.2 cm³/mol. The number of ether oxygens (including phenoxy) is 1. The van der Waals surface area contributed by atoms with Crippen molar-refractivity contribution in [1.82, 2.24) is 4.90 Å². The smallest absolute Gasteiger partial charge is 0.310 e. The van der Waals surface area contributed by atoms with E-state index < -0.39 is 0 Å². The van der Waals surface area contributed by atoms with Gasteiger partial charge in [0.2, 0.25) is 5.91 Å². The maximum Gasteiger partial charge on any atom is 0.310 e. The summed E-state index contributed by atoms with van der Waals surface area (Å²) in [5, 5.41) is 0. The fraction of sp³-hybridized carbons (Fsp3) is 0.550. The third kappa shape index (κ3) is 5.41. The molecule has 0 radical (unpaired) electrons. The number of benzene rings is 1. The van der Waals surface area contributed by atoms with Gasteiger partial charge in [-0.2, -0.15) is 0 Å². The van der Waals surface area contributed by atoms with Gasteiger partial charge in [0.25, 0.3) is 0 Å². The lowest BCUT2D eigenvalue weighted by Crippen LogP contribution is -2.43. The summed E-state index contributed by atoms with van der Waals surface area (Å²) in [6.07, 6.45) is 4.50. The van der Waals surface area contributed by atoms with Gasteiger partial charge in [0.05, 0.1) is 13.0 Å². The van der Waals surface area contributed by atoms with Crippen LogP contribution in [-0.2, 0) is 14.3 Å². The van der Waals surface area contributed by atoms with Crippen molar-refractivity contribution < 1.29 is 19.1 Å². The summed E-state index contributed by atoms with van der Waals surface area (Å²) in [5.41, 5.74) is 0.630. The van der Waals surface area contributed by atoms with Crippen LogP contribution in [0.5, 0.6) is 0 Å². The third-order valence-electron chi connectivity index (χ3n) is 4.82. The fourth-order valence-corrected chi connectivity index (χ4v) is 3.37. The lowest BCUT2D eigenvalue weighted by molar-refractivity contribution is -0.147. The van der Waals surface area contributed by atoms with Crippen LogP contribution < -0.4 is 0 Å². The SMILES string of the molecule is COC(=O)C(C)CN(C(=O)CCC(=O)c1ccccc1)C1CCCC1. The zero-order valence-electron chi connectivity index (χ0n) is 15.1. The van der Waals surface area contributed by atoms with Crippen LogP contribution in [0.4, 0.5) is 0 Å². The minimum absolute atomic E-state index is 0.0265. The quantitative estimate of drug-likeness (QED) is 0.536. The molecule has 1 aliphatic carbocycles. The number of hydrogen-bond donors (Lipinski definition) is 0. The molecule has 1 atom stereocenters. The lowest BCUT2D eigenvalue weighted by Gasteiger charge is -2.31. The van der Waals surface area contributed by atoms with Gasteiger partial charge in [-0.1, -0.05) is 50.1 Å². The normalized spacial score (nSPS) is 15.6. The molecule has 5 nitrogen and oxygen atoms in total. The summed E-state index contributed by atoms with van der Waals surface area (Å²) in [4.78, 5) is 38.5. The molecule has 25 heavy (non-hydrogen) atoms. The third-order valence-corrected chi connectivity index (χ3v) is 4.82. The molecular weight excluding hydrogens is 318 g/mol. The van der Waals surface area contributed by atoms with Crippen molar-refractivity contribution in [2.24, 2.45) is 5.92 Å². The highest BCUT2D eigenvalue weighted by Gasteiger charge is 2.29. The van der Waals surface area contributed by atoms with Gasteiger partial charge in [-0.3, -0.25) is 14.4 Å². The molecule has 136 valence electrons. The zero-order chi connectivity index (χ0) is 18.2. The molecule has 1 amide bonds. The van der Waals surface area contributed by atoms with E-state index in [0.29, 0.717) is 12.1 Å². The van der Waals surface area contributed by atoms with E-state index in [1.54, 1.807) is 24.0 Å². The number of hydrogen-bond acceptors (Lipinski definition) is 4. The van der Waals surface area contributed by atoms with Crippen molar-refractivity contribution in [2.75, 3.05) is 13.7 Å². The summed E-state index contributed by atoms with van der Waals surface area (Å²) in [7, 11) is 1.36. The number of ketones is 1. The first-order valence-corrected chi connectivity index (χ1v) is 8.98. The van der Waals surface area contributed by atoms with E-state index in [4.69, 9.17) is 4.74 Å². The molecule has 1 fully saturated rings. The Balaban J connectivity index is 1.97. The van der Waals surface area contributed by atoms with Crippen molar-refractivity contribution >= 4 is 17.7 Å². The Morgan fingerprint density at radius 1 is 1.12 bits per heavy atom. The van der Waals surface area contributed by atoms with Crippen LogP contribution in [0.25, 0.3) is 0 Å². The van der Waals surface area contributed by atoms with E-state index >= 15 is 0 Å². The van der Waals surface area contributed by atoms with Gasteiger partial charge in [0.15, 0.2) is 5.78 Å². The van der Waals surface area contributed by atoms with Crippen molar-refractivity contribution in [2.45, 2.75) is 51.5 Å². The standard InChI is InChI=1S/C20H27NO4/c1-15(20(24)25-2)14-21(17-10-6-7-11-17)19(23)13-12-18(22)16-8-4-3-5-9-16/h3-5,8-9,15,17H,6-7,10-14H2,1-2H3. The first-order chi connectivity index (χ1) is 12.0. The predicted octanol–water partition coefficient (Wildman–Crippen LogP) is 3.23. The fourth-order valence-electron chi connectivity index (χ4n) is 3.37. The Kier molecular flexibility index (Phi) is 7.16. The molecule has 1 saturated carbocycles. The summed E-state index contributed by atoms with van der Waals surface area (Å²) in [6.45, 7) is 2.13. The van der Waals surface area contributed by atoms with E-state index in [1.165, 1.54) is 7.11 Å². The molecule has 0 N–H and O–H groups in total. The number of carbonyl (C=O) groups excluding carboxylic acids is 3. The second-order valence-electron chi connectivity index (χ2n) is 6.70. The molecule has 0 spiro atoms. The highest BCUT2D eigenvalue weighted by Crippen LogP contribution is 2.25. The van der Waals surface area contributed by atoms with Crippen molar-refractivity contribution in [1.29, 1.82) is 0 Å². The highest BCUT2D eigenvalue weighted by molar-refractivity contribution is 5.97. The van der Waals surface area contributed by atoms with Gasteiger partial charge >= 0.3 is 5.97 Å². The largest absolute Gasteiger partial charge is 0.469 e. The maximum atomic E-state index is 12.7. The molecule has 0 saturated heterocycles. The Labute approximate surface area is 149 Å². The summed E-state index contributed by atoms with van der Waals surface area (Å²) < 4.78 is 4.78. The highest BCUT2D eigenvalue weighted by atomic mass is 16.5. The Hall–Kier alpha value is -2.17. The first kappa shape index (κ1) is 19.2. The second-order valence-corrected chi connectivity index (χ2v) is 6.70. The molecule has 1 aliphatic rings. The molecule has 0 aliphatic heterocycles. The minimum Gasteiger partial charge on any atom is -0.469 e. The molecule has 5 heteroatoms. The minimum atomic E-state index is -0.362. The van der Waals surface area contributed by atoms with Crippen molar-refractivity contribution in [3.05, 3.63) is 35.9 Å².